The number of carbonyl (C=O) groups is 1. The molecule has 8 heteroatoms. The standard InChI is InChI=1S/C24H33FN2O4S/c1-6-18(5)27(24(28)21-12-10-11-13-22(21)25)17-19-14-15-20(26(7-2)8-3)16-23(19)31-32(29,30)9-4/h10-16,18H,6-9,17H2,1-5H3/t18-/m0/s1. The Morgan fingerprint density at radius 2 is 1.72 bits per heavy atom. The number of hydrogen-bond acceptors (Lipinski definition) is 5. The lowest BCUT2D eigenvalue weighted by Gasteiger charge is -2.30. The third-order valence-electron chi connectivity index (χ3n) is 5.58. The van der Waals surface area contributed by atoms with Crippen LogP contribution in [0.3, 0.4) is 0 Å². The van der Waals surface area contributed by atoms with Gasteiger partial charge in [0.2, 0.25) is 0 Å². The molecule has 0 aromatic heterocycles. The van der Waals surface area contributed by atoms with E-state index in [1.807, 2.05) is 33.8 Å². The quantitative estimate of drug-likeness (QED) is 0.445. The number of nitrogens with zero attached hydrogens (tertiary/aromatic N) is 2. The third kappa shape index (κ3) is 6.22. The van der Waals surface area contributed by atoms with E-state index in [-0.39, 0.29) is 29.7 Å². The molecule has 0 aliphatic heterocycles. The molecule has 176 valence electrons. The second kappa shape index (κ2) is 11.3. The lowest BCUT2D eigenvalue weighted by molar-refractivity contribution is 0.0666. The minimum Gasteiger partial charge on any atom is -0.382 e. The first-order valence-electron chi connectivity index (χ1n) is 11.0. The number of halogens is 1. The molecule has 2 aromatic rings. The number of amides is 1. The number of rotatable bonds is 11. The Balaban J connectivity index is 2.51. The maximum Gasteiger partial charge on any atom is 0.308 e. The van der Waals surface area contributed by atoms with Gasteiger partial charge in [-0.3, -0.25) is 4.79 Å². The normalized spacial score (nSPS) is 12.3. The fourth-order valence-corrected chi connectivity index (χ4v) is 3.90. The number of anilines is 1. The molecule has 1 amide bonds. The second-order valence-electron chi connectivity index (χ2n) is 7.56. The molecule has 0 aliphatic carbocycles. The largest absolute Gasteiger partial charge is 0.382 e. The molecule has 1 atom stereocenters. The summed E-state index contributed by atoms with van der Waals surface area (Å²) in [5.74, 6) is -1.03. The van der Waals surface area contributed by atoms with Gasteiger partial charge in [-0.25, -0.2) is 4.39 Å². The lowest BCUT2D eigenvalue weighted by Crippen LogP contribution is -2.38. The van der Waals surface area contributed by atoms with Crippen molar-refractivity contribution < 1.29 is 21.8 Å². The fourth-order valence-electron chi connectivity index (χ4n) is 3.35. The van der Waals surface area contributed by atoms with Crippen molar-refractivity contribution in [1.29, 1.82) is 0 Å². The van der Waals surface area contributed by atoms with Gasteiger partial charge in [-0.15, -0.1) is 0 Å². The summed E-state index contributed by atoms with van der Waals surface area (Å²) in [5, 5.41) is 0. The van der Waals surface area contributed by atoms with Gasteiger partial charge in [-0.1, -0.05) is 25.1 Å². The van der Waals surface area contributed by atoms with Crippen molar-refractivity contribution in [3.05, 3.63) is 59.4 Å². The number of carbonyl (C=O) groups excluding carboxylic acids is 1. The van der Waals surface area contributed by atoms with E-state index in [4.69, 9.17) is 4.18 Å². The molecule has 0 saturated carbocycles. The van der Waals surface area contributed by atoms with Gasteiger partial charge in [-0.05, 0) is 52.3 Å². The molecular formula is C24H33FN2O4S. The van der Waals surface area contributed by atoms with Crippen LogP contribution < -0.4 is 9.08 Å². The zero-order valence-electron chi connectivity index (χ0n) is 19.5. The van der Waals surface area contributed by atoms with E-state index in [0.29, 0.717) is 12.0 Å². The molecule has 6 nitrogen and oxygen atoms in total. The molecule has 0 unspecified atom stereocenters. The molecule has 32 heavy (non-hydrogen) atoms. The van der Waals surface area contributed by atoms with Gasteiger partial charge < -0.3 is 14.0 Å². The van der Waals surface area contributed by atoms with Crippen molar-refractivity contribution in [3.63, 3.8) is 0 Å². The first kappa shape index (κ1) is 25.6. The lowest BCUT2D eigenvalue weighted by atomic mass is 10.1. The molecule has 0 aliphatic rings. The van der Waals surface area contributed by atoms with E-state index < -0.39 is 21.8 Å². The van der Waals surface area contributed by atoms with Crippen molar-refractivity contribution in [2.45, 2.75) is 53.6 Å². The molecule has 0 spiro atoms. The van der Waals surface area contributed by atoms with Gasteiger partial charge in [-0.2, -0.15) is 8.42 Å². The van der Waals surface area contributed by atoms with E-state index >= 15 is 0 Å². The highest BCUT2D eigenvalue weighted by Gasteiger charge is 2.25. The Morgan fingerprint density at radius 1 is 1.06 bits per heavy atom. The van der Waals surface area contributed by atoms with Crippen LogP contribution in [-0.2, 0) is 16.7 Å². The summed E-state index contributed by atoms with van der Waals surface area (Å²) >= 11 is 0. The minimum absolute atomic E-state index is 0.0174. The summed E-state index contributed by atoms with van der Waals surface area (Å²) in [7, 11) is -3.77. The number of hydrogen-bond donors (Lipinski definition) is 0. The molecule has 2 rings (SSSR count). The Morgan fingerprint density at radius 3 is 2.28 bits per heavy atom. The van der Waals surface area contributed by atoms with Crippen LogP contribution in [-0.4, -0.2) is 44.1 Å². The van der Waals surface area contributed by atoms with Gasteiger partial charge >= 0.3 is 10.1 Å². The fraction of sp³-hybridized carbons (Fsp3) is 0.458. The maximum atomic E-state index is 14.3. The van der Waals surface area contributed by atoms with E-state index in [1.54, 1.807) is 23.1 Å². The van der Waals surface area contributed by atoms with Crippen molar-refractivity contribution in [2.75, 3.05) is 23.7 Å². The molecule has 0 N–H and O–H groups in total. The van der Waals surface area contributed by atoms with Crippen LogP contribution in [0.15, 0.2) is 42.5 Å². The molecule has 2 aromatic carbocycles. The first-order valence-corrected chi connectivity index (χ1v) is 12.6. The van der Waals surface area contributed by atoms with Gasteiger partial charge in [0, 0.05) is 43.0 Å². The predicted octanol–water partition coefficient (Wildman–Crippen LogP) is 4.84. The summed E-state index contributed by atoms with van der Waals surface area (Å²) < 4.78 is 44.2. The zero-order chi connectivity index (χ0) is 23.9. The highest BCUT2D eigenvalue weighted by Crippen LogP contribution is 2.30. The van der Waals surface area contributed by atoms with Gasteiger partial charge in [0.15, 0.2) is 0 Å². The summed E-state index contributed by atoms with van der Waals surface area (Å²) in [5.41, 5.74) is 1.36. The SMILES string of the molecule is CC[C@H](C)N(Cc1ccc(N(CC)CC)cc1OS(=O)(=O)CC)C(=O)c1ccccc1F. The molecule has 0 saturated heterocycles. The van der Waals surface area contributed by atoms with Crippen LogP contribution in [0.25, 0.3) is 0 Å². The van der Waals surface area contributed by atoms with Crippen molar-refractivity contribution in [2.24, 2.45) is 0 Å². The highest BCUT2D eigenvalue weighted by molar-refractivity contribution is 7.87. The Bertz CT molecular complexity index is 1020. The molecule has 0 radical (unpaired) electrons. The number of benzene rings is 2. The van der Waals surface area contributed by atoms with E-state index in [0.717, 1.165) is 18.8 Å². The van der Waals surface area contributed by atoms with Crippen molar-refractivity contribution in [1.82, 2.24) is 4.90 Å². The third-order valence-corrected chi connectivity index (χ3v) is 6.72. The van der Waals surface area contributed by atoms with Gasteiger partial charge in [0.05, 0.1) is 11.3 Å². The van der Waals surface area contributed by atoms with Crippen LogP contribution in [0, 0.1) is 5.82 Å². The van der Waals surface area contributed by atoms with Crippen LogP contribution in [0.5, 0.6) is 5.75 Å². The smallest absolute Gasteiger partial charge is 0.308 e. The average molecular weight is 465 g/mol. The minimum atomic E-state index is -3.77. The molecule has 0 fully saturated rings. The average Bonchev–Trinajstić information content (AvgIpc) is 2.78. The zero-order valence-corrected chi connectivity index (χ0v) is 20.3. The summed E-state index contributed by atoms with van der Waals surface area (Å²) in [4.78, 5) is 16.8. The Hall–Kier alpha value is -2.61. The topological polar surface area (TPSA) is 66.9 Å². The van der Waals surface area contributed by atoms with Crippen LogP contribution in [0.4, 0.5) is 10.1 Å². The van der Waals surface area contributed by atoms with Crippen LogP contribution >= 0.6 is 0 Å². The van der Waals surface area contributed by atoms with Gasteiger partial charge in [0.1, 0.15) is 11.6 Å². The van der Waals surface area contributed by atoms with Crippen LogP contribution in [0.1, 0.15) is 57.0 Å². The van der Waals surface area contributed by atoms with Gasteiger partial charge in [0.25, 0.3) is 5.91 Å². The Labute approximate surface area is 191 Å². The highest BCUT2D eigenvalue weighted by atomic mass is 32.2. The molecule has 0 bridgehead atoms. The monoisotopic (exact) mass is 464 g/mol. The van der Waals surface area contributed by atoms with E-state index in [2.05, 4.69) is 4.90 Å². The summed E-state index contributed by atoms with van der Waals surface area (Å²) in [6, 6.07) is 11.0. The van der Waals surface area contributed by atoms with Crippen molar-refractivity contribution >= 4 is 21.7 Å². The van der Waals surface area contributed by atoms with Crippen LogP contribution in [0.2, 0.25) is 0 Å². The molecular weight excluding hydrogens is 431 g/mol. The first-order chi connectivity index (χ1) is 15.2. The van der Waals surface area contributed by atoms with E-state index in [9.17, 15) is 17.6 Å². The Kier molecular flexibility index (Phi) is 9.07. The summed E-state index contributed by atoms with van der Waals surface area (Å²) in [6.45, 7) is 10.9. The second-order valence-corrected chi connectivity index (χ2v) is 9.42. The van der Waals surface area contributed by atoms with Crippen molar-refractivity contribution in [3.8, 4) is 5.75 Å². The summed E-state index contributed by atoms with van der Waals surface area (Å²) in [6.07, 6.45) is 0.654. The maximum absolute atomic E-state index is 14.3. The van der Waals surface area contributed by atoms with E-state index in [1.165, 1.54) is 25.1 Å². The molecule has 0 heterocycles. The predicted molar refractivity (Wildman–Crippen MR) is 126 cm³/mol.